The molecule has 1 aliphatic rings. The van der Waals surface area contributed by atoms with Crippen molar-refractivity contribution in [3.63, 3.8) is 0 Å². The highest BCUT2D eigenvalue weighted by molar-refractivity contribution is 7.92. The molecule has 150 valence electrons. The lowest BCUT2D eigenvalue weighted by Crippen LogP contribution is -2.45. The number of halogens is 3. The predicted molar refractivity (Wildman–Crippen MR) is 103 cm³/mol. The second-order valence-electron chi connectivity index (χ2n) is 6.80. The number of hydrogen-bond donors (Lipinski definition) is 0. The molecule has 3 rings (SSSR count). The number of rotatable bonds is 5. The Labute approximate surface area is 168 Å². The molecule has 28 heavy (non-hydrogen) atoms. The Morgan fingerprint density at radius 1 is 1.14 bits per heavy atom. The minimum atomic E-state index is -3.67. The molecule has 0 N–H and O–H groups in total. The van der Waals surface area contributed by atoms with Crippen LogP contribution in [0.4, 0.5) is 8.78 Å². The lowest BCUT2D eigenvalue weighted by molar-refractivity contribution is -0.131. The van der Waals surface area contributed by atoms with Gasteiger partial charge in [-0.3, -0.25) is 4.79 Å². The van der Waals surface area contributed by atoms with Crippen LogP contribution in [0.15, 0.2) is 47.4 Å². The van der Waals surface area contributed by atoms with Gasteiger partial charge in [0.25, 0.3) is 0 Å². The number of sulfone groups is 1. The number of amides is 1. The van der Waals surface area contributed by atoms with Crippen molar-refractivity contribution in [2.75, 3.05) is 13.1 Å². The van der Waals surface area contributed by atoms with Crippen molar-refractivity contribution in [2.45, 2.75) is 35.8 Å². The van der Waals surface area contributed by atoms with Crippen LogP contribution >= 0.6 is 11.6 Å². The van der Waals surface area contributed by atoms with Crippen LogP contribution < -0.4 is 0 Å². The zero-order valence-corrected chi connectivity index (χ0v) is 16.6. The third-order valence-corrected chi connectivity index (χ3v) is 7.51. The van der Waals surface area contributed by atoms with Crippen molar-refractivity contribution in [3.05, 3.63) is 64.7 Å². The Hall–Kier alpha value is -1.99. The van der Waals surface area contributed by atoms with Gasteiger partial charge in [0.1, 0.15) is 11.6 Å². The molecule has 4 nitrogen and oxygen atoms in total. The summed E-state index contributed by atoms with van der Waals surface area (Å²) in [6.07, 6.45) is 1.18. The van der Waals surface area contributed by atoms with Gasteiger partial charge in [0.2, 0.25) is 5.91 Å². The Morgan fingerprint density at radius 3 is 2.54 bits per heavy atom. The molecular formula is C20H20ClF2NO3S. The van der Waals surface area contributed by atoms with Gasteiger partial charge in [-0.2, -0.15) is 0 Å². The Balaban J connectivity index is 1.67. The summed E-state index contributed by atoms with van der Waals surface area (Å²) in [6, 6.07) is 9.05. The summed E-state index contributed by atoms with van der Waals surface area (Å²) in [7, 11) is -3.67. The quantitative estimate of drug-likeness (QED) is 0.677. The molecule has 0 unspecified atom stereocenters. The average molecular weight is 428 g/mol. The van der Waals surface area contributed by atoms with Crippen molar-refractivity contribution in [1.82, 2.24) is 4.90 Å². The SMILES string of the molecule is O=C(CCc1c(F)cccc1Cl)N1CCC[C@@H](S(=O)(=O)c2ccc(F)cc2)C1. The normalized spacial score (nSPS) is 17.5. The summed E-state index contributed by atoms with van der Waals surface area (Å²) in [5, 5.41) is -0.476. The first kappa shape index (κ1) is 20.7. The van der Waals surface area contributed by atoms with Crippen molar-refractivity contribution >= 4 is 27.3 Å². The second-order valence-corrected chi connectivity index (χ2v) is 9.44. The molecule has 0 aliphatic carbocycles. The van der Waals surface area contributed by atoms with E-state index < -0.39 is 26.7 Å². The van der Waals surface area contributed by atoms with Gasteiger partial charge in [0.05, 0.1) is 10.1 Å². The first-order valence-corrected chi connectivity index (χ1v) is 10.9. The summed E-state index contributed by atoms with van der Waals surface area (Å²) >= 11 is 5.99. The molecule has 1 atom stereocenters. The number of hydrogen-bond acceptors (Lipinski definition) is 3. The van der Waals surface area contributed by atoms with Gasteiger partial charge >= 0.3 is 0 Å². The third kappa shape index (κ3) is 4.52. The van der Waals surface area contributed by atoms with Gasteiger partial charge in [-0.25, -0.2) is 17.2 Å². The van der Waals surface area contributed by atoms with Crippen LogP contribution in [0.1, 0.15) is 24.8 Å². The van der Waals surface area contributed by atoms with Gasteiger partial charge < -0.3 is 4.90 Å². The van der Waals surface area contributed by atoms with Crippen LogP contribution in [0.2, 0.25) is 5.02 Å². The smallest absolute Gasteiger partial charge is 0.222 e. The van der Waals surface area contributed by atoms with Crippen molar-refractivity contribution in [2.24, 2.45) is 0 Å². The van der Waals surface area contributed by atoms with Crippen LogP contribution in [0.5, 0.6) is 0 Å². The summed E-state index contributed by atoms with van der Waals surface area (Å²) in [4.78, 5) is 14.1. The van der Waals surface area contributed by atoms with Gasteiger partial charge in [-0.15, -0.1) is 0 Å². The van der Waals surface area contributed by atoms with E-state index >= 15 is 0 Å². The topological polar surface area (TPSA) is 54.5 Å². The zero-order chi connectivity index (χ0) is 20.3. The highest BCUT2D eigenvalue weighted by Gasteiger charge is 2.33. The molecule has 0 aromatic heterocycles. The van der Waals surface area contributed by atoms with E-state index in [1.54, 1.807) is 6.07 Å². The second kappa shape index (κ2) is 8.57. The molecule has 0 radical (unpaired) electrons. The van der Waals surface area contributed by atoms with Gasteiger partial charge in [0.15, 0.2) is 9.84 Å². The summed E-state index contributed by atoms with van der Waals surface area (Å²) < 4.78 is 52.6. The van der Waals surface area contributed by atoms with E-state index in [0.717, 1.165) is 12.1 Å². The number of carbonyl (C=O) groups is 1. The van der Waals surface area contributed by atoms with Crippen LogP contribution in [0.25, 0.3) is 0 Å². The average Bonchev–Trinajstić information content (AvgIpc) is 2.68. The molecule has 1 saturated heterocycles. The van der Waals surface area contributed by atoms with Crippen LogP contribution in [0, 0.1) is 11.6 Å². The van der Waals surface area contributed by atoms with Gasteiger partial charge in [0, 0.05) is 30.1 Å². The lowest BCUT2D eigenvalue weighted by Gasteiger charge is -2.32. The maximum atomic E-state index is 13.9. The van der Waals surface area contributed by atoms with E-state index in [4.69, 9.17) is 11.6 Å². The van der Waals surface area contributed by atoms with E-state index in [-0.39, 0.29) is 40.8 Å². The van der Waals surface area contributed by atoms with Gasteiger partial charge in [-0.1, -0.05) is 17.7 Å². The number of carbonyl (C=O) groups excluding carboxylic acids is 1. The lowest BCUT2D eigenvalue weighted by atomic mass is 10.1. The molecule has 1 fully saturated rings. The molecule has 0 bridgehead atoms. The molecule has 1 amide bonds. The van der Waals surface area contributed by atoms with E-state index in [0.29, 0.717) is 19.4 Å². The fraction of sp³-hybridized carbons (Fsp3) is 0.350. The molecule has 0 saturated carbocycles. The predicted octanol–water partition coefficient (Wildman–Crippen LogP) is 4.02. The van der Waals surface area contributed by atoms with Crippen molar-refractivity contribution in [3.8, 4) is 0 Å². The molecule has 1 heterocycles. The molecule has 2 aromatic rings. The minimum Gasteiger partial charge on any atom is -0.341 e. The van der Waals surface area contributed by atoms with Gasteiger partial charge in [-0.05, 0) is 55.7 Å². The third-order valence-electron chi connectivity index (χ3n) is 4.96. The molecular weight excluding hydrogens is 408 g/mol. The zero-order valence-electron chi connectivity index (χ0n) is 15.1. The first-order chi connectivity index (χ1) is 13.3. The first-order valence-electron chi connectivity index (χ1n) is 8.99. The number of likely N-dealkylation sites (tertiary alicyclic amines) is 1. The summed E-state index contributed by atoms with van der Waals surface area (Å²) in [5.74, 6) is -1.21. The molecule has 8 heteroatoms. The van der Waals surface area contributed by atoms with E-state index in [1.165, 1.54) is 29.2 Å². The van der Waals surface area contributed by atoms with Crippen LogP contribution in [0.3, 0.4) is 0 Å². The largest absolute Gasteiger partial charge is 0.341 e. The van der Waals surface area contributed by atoms with E-state index in [1.807, 2.05) is 0 Å². The van der Waals surface area contributed by atoms with Crippen LogP contribution in [-0.2, 0) is 21.1 Å². The standard InChI is InChI=1S/C20H20ClF2NO3S/c21-18-4-1-5-19(23)17(18)10-11-20(25)24-12-2-3-16(13-24)28(26,27)15-8-6-14(22)7-9-15/h1,4-9,16H,2-3,10-13H2/t16-/m1/s1. The monoisotopic (exact) mass is 427 g/mol. The molecule has 1 aliphatic heterocycles. The number of benzene rings is 2. The minimum absolute atomic E-state index is 0.0456. The van der Waals surface area contributed by atoms with E-state index in [9.17, 15) is 22.0 Å². The Morgan fingerprint density at radius 2 is 1.86 bits per heavy atom. The highest BCUT2D eigenvalue weighted by Crippen LogP contribution is 2.25. The summed E-state index contributed by atoms with van der Waals surface area (Å²) in [5.41, 5.74) is 0.282. The van der Waals surface area contributed by atoms with Crippen molar-refractivity contribution in [1.29, 1.82) is 0 Å². The van der Waals surface area contributed by atoms with Crippen LogP contribution in [-0.4, -0.2) is 37.6 Å². The van der Waals surface area contributed by atoms with E-state index in [2.05, 4.69) is 0 Å². The summed E-state index contributed by atoms with van der Waals surface area (Å²) in [6.45, 7) is 0.531. The Bertz CT molecular complexity index is 944. The molecule has 0 spiro atoms. The fourth-order valence-corrected chi connectivity index (χ4v) is 5.41. The maximum Gasteiger partial charge on any atom is 0.222 e. The van der Waals surface area contributed by atoms with Crippen molar-refractivity contribution < 1.29 is 22.0 Å². The number of piperidine rings is 1. The Kier molecular flexibility index (Phi) is 6.35. The highest BCUT2D eigenvalue weighted by atomic mass is 35.5. The molecule has 2 aromatic carbocycles. The number of nitrogens with zero attached hydrogens (tertiary/aromatic N) is 1. The fourth-order valence-electron chi connectivity index (χ4n) is 3.40. The maximum absolute atomic E-state index is 13.9.